The van der Waals surface area contributed by atoms with E-state index in [0.717, 1.165) is 10.8 Å². The molecular weight excluding hydrogens is 1510 g/mol. The van der Waals surface area contributed by atoms with E-state index in [4.69, 9.17) is 17.3 Å². The van der Waals surface area contributed by atoms with Gasteiger partial charge in [-0.2, -0.15) is 0 Å². The van der Waals surface area contributed by atoms with Crippen molar-refractivity contribution < 1.29 is 72.2 Å². The molecule has 7 rings (SSSR count). The van der Waals surface area contributed by atoms with E-state index in [1.807, 2.05) is 56.3 Å². The summed E-state index contributed by atoms with van der Waals surface area (Å²) in [5, 5.41) is 51.4. The van der Waals surface area contributed by atoms with E-state index in [1.54, 1.807) is 69.3 Å². The van der Waals surface area contributed by atoms with E-state index in [-0.39, 0.29) is 82.2 Å². The summed E-state index contributed by atoms with van der Waals surface area (Å²) in [5.74, 6) is -10.3. The maximum absolute atomic E-state index is 15.5. The number of anilines is 2. The molecule has 5 aromatic carbocycles. The van der Waals surface area contributed by atoms with Gasteiger partial charge < -0.3 is 90.2 Å². The zero-order valence-corrected chi connectivity index (χ0v) is 67.3. The number of unbranched alkanes of at least 4 members (excludes halogenated alkanes) is 1. The number of aromatic nitrogens is 1. The molecule has 32 nitrogen and oxygen atoms in total. The van der Waals surface area contributed by atoms with E-state index >= 15 is 9.59 Å². The first-order chi connectivity index (χ1) is 55.3. The quantitative estimate of drug-likeness (QED) is 0.0192. The van der Waals surface area contributed by atoms with Crippen molar-refractivity contribution in [2.75, 3.05) is 43.4 Å². The van der Waals surface area contributed by atoms with Crippen molar-refractivity contribution in [1.29, 1.82) is 0 Å². The molecule has 17 N–H and O–H groups in total. The summed E-state index contributed by atoms with van der Waals surface area (Å²) >= 11 is 6.27. The largest absolute Gasteiger partial charge is 0.394 e. The van der Waals surface area contributed by atoms with Gasteiger partial charge in [0.15, 0.2) is 0 Å². The maximum atomic E-state index is 15.5. The number of aliphatic hydroxyl groups excluding tert-OH is 1. The number of nitrogens with zero attached hydrogens (tertiary/aromatic N) is 2. The summed E-state index contributed by atoms with van der Waals surface area (Å²) in [6, 6.07) is 22.3. The molecule has 10 atom stereocenters. The first kappa shape index (κ1) is 91.4. The second-order valence-electron chi connectivity index (χ2n) is 29.6. The van der Waals surface area contributed by atoms with Crippen LogP contribution in [0.15, 0.2) is 140 Å². The molecule has 2 heterocycles. The summed E-state index contributed by atoms with van der Waals surface area (Å²) in [4.78, 5) is 201. The number of rotatable bonds is 43. The van der Waals surface area contributed by atoms with E-state index < -0.39 is 150 Å². The molecule has 0 bridgehead atoms. The average Bonchev–Trinajstić information content (AvgIpc) is 1.33. The first-order valence-corrected chi connectivity index (χ1v) is 39.2. The van der Waals surface area contributed by atoms with Gasteiger partial charge in [-0.05, 0) is 139 Å². The molecule has 116 heavy (non-hydrogen) atoms. The molecule has 622 valence electrons. The molecule has 0 unspecified atom stereocenters. The van der Waals surface area contributed by atoms with Crippen LogP contribution in [0, 0.1) is 5.92 Å². The highest BCUT2D eigenvalue weighted by Gasteiger charge is 2.40. The molecule has 6 aromatic rings. The number of carbonyl (C=O) groups is 14. The summed E-state index contributed by atoms with van der Waals surface area (Å²) in [6.45, 7) is 12.0. The molecule has 0 spiro atoms. The van der Waals surface area contributed by atoms with Crippen LogP contribution in [0.5, 0.6) is 0 Å². The Hall–Kier alpha value is -11.7. The van der Waals surface area contributed by atoms with Crippen molar-refractivity contribution in [2.24, 2.45) is 11.7 Å². The lowest BCUT2D eigenvalue weighted by molar-refractivity contribution is -0.142. The Labute approximate surface area is 679 Å². The van der Waals surface area contributed by atoms with Crippen molar-refractivity contribution in [2.45, 2.75) is 193 Å². The van der Waals surface area contributed by atoms with Crippen LogP contribution in [0.1, 0.15) is 122 Å². The number of nitrogens with one attached hydrogen (secondary N) is 14. The van der Waals surface area contributed by atoms with Gasteiger partial charge in [0.25, 0.3) is 0 Å². The van der Waals surface area contributed by atoms with Crippen molar-refractivity contribution in [1.82, 2.24) is 73.7 Å². The van der Waals surface area contributed by atoms with E-state index in [2.05, 4.69) is 79.4 Å². The highest BCUT2D eigenvalue weighted by atomic mass is 35.5. The topological polar surface area (TPSA) is 470 Å². The molecule has 1 aliphatic rings. The lowest BCUT2D eigenvalue weighted by atomic mass is 9.99. The lowest BCUT2D eigenvalue weighted by Crippen LogP contribution is -2.62. The third-order valence-corrected chi connectivity index (χ3v) is 19.0. The number of hydrogen-bond acceptors (Lipinski definition) is 18. The van der Waals surface area contributed by atoms with E-state index in [0.29, 0.717) is 70.8 Å². The number of benzene rings is 5. The Kier molecular flexibility index (Phi) is 36.2. The zero-order chi connectivity index (χ0) is 84.5. The van der Waals surface area contributed by atoms with E-state index in [1.165, 1.54) is 74.5 Å². The highest BCUT2D eigenvalue weighted by molar-refractivity contribution is 6.30. The smallest absolute Gasteiger partial charge is 0.245 e. The normalized spacial score (nSPS) is 14.8. The fourth-order valence-corrected chi connectivity index (χ4v) is 13.1. The minimum atomic E-state index is -1.90. The van der Waals surface area contributed by atoms with Gasteiger partial charge in [0, 0.05) is 94.3 Å². The minimum absolute atomic E-state index is 0.00508. The van der Waals surface area contributed by atoms with Gasteiger partial charge in [-0.15, -0.1) is 0 Å². The van der Waals surface area contributed by atoms with E-state index in [9.17, 15) is 62.6 Å². The molecule has 1 saturated heterocycles. The summed E-state index contributed by atoms with van der Waals surface area (Å²) < 4.78 is 0. The number of carbonyl (C=O) groups excluding carboxylic acids is 14. The summed E-state index contributed by atoms with van der Waals surface area (Å²) in [7, 11) is 0. The zero-order valence-electron chi connectivity index (χ0n) is 66.5. The molecule has 0 aliphatic carbocycles. The molecule has 0 radical (unpaired) electrons. The number of fused-ring (bicyclic) bond motifs is 1. The van der Waals surface area contributed by atoms with Crippen LogP contribution in [0.25, 0.3) is 10.8 Å². The van der Waals surface area contributed by atoms with Gasteiger partial charge in [0.2, 0.25) is 82.7 Å². The molecule has 14 amide bonds. The standard InChI is InChI=1S/C83H108ClN17O15/c1-48(2)37-65(75(108)94-64(18-11-12-35-87-49(3)4)83(116)101-36-14-19-72(101)82(115)90-50(5)85)95-77(110)68(40-55-23-30-62(31-24-55)92-73(106)45-88-51(6)103)97-79(112)69(41-56-25-32-63(33-26-56)93-74(107)46-89-52(7)104)99-81(114)71(47-102)100-80(113)70(43-58-15-13-34-86-44-58)98-78(111)67(39-54-21-28-61(84)29-22-54)96-76(109)66(91-53(8)105)42-57-20-27-59-16-9-10-17-60(59)38-57/h9-10,13,15-17,20-34,38,44,48-50,64-72,87,102H,11-12,14,18-19,35-37,39-43,45-47,85H2,1-8H3,(H,88,103)(H,89,104)(H,90,115)(H,91,105)(H,92,106)(H,93,107)(H,94,108)(H,95,110)(H,96,109)(H,97,112)(H,98,111)(H,99,114)(H,100,113)/t50-,64+,65+,66-,67-,68-,69+,70-,71+,72+/m1/s1. The Bertz CT molecular complexity index is 4380. The van der Waals surface area contributed by atoms with Crippen molar-refractivity contribution >= 4 is 116 Å². The Balaban J connectivity index is 1.21. The number of aliphatic hydroxyl groups is 1. The molecule has 1 fully saturated rings. The fraction of sp³-hybridized carbons (Fsp3) is 0.434. The number of pyridine rings is 1. The molecule has 33 heteroatoms. The molecule has 1 aromatic heterocycles. The minimum Gasteiger partial charge on any atom is -0.394 e. The van der Waals surface area contributed by atoms with Crippen molar-refractivity contribution in [3.8, 4) is 0 Å². The second kappa shape index (κ2) is 46.0. The Morgan fingerprint density at radius 1 is 0.483 bits per heavy atom. The maximum Gasteiger partial charge on any atom is 0.245 e. The van der Waals surface area contributed by atoms with Crippen LogP contribution >= 0.6 is 11.6 Å². The first-order valence-electron chi connectivity index (χ1n) is 38.8. The Morgan fingerprint density at radius 3 is 1.39 bits per heavy atom. The third-order valence-electron chi connectivity index (χ3n) is 18.8. The van der Waals surface area contributed by atoms with Gasteiger partial charge in [0.05, 0.1) is 25.9 Å². The van der Waals surface area contributed by atoms with Crippen LogP contribution in [-0.4, -0.2) is 197 Å². The molecule has 0 saturated carbocycles. The predicted octanol–water partition coefficient (Wildman–Crippen LogP) is 2.07. The lowest BCUT2D eigenvalue weighted by Gasteiger charge is -2.31. The number of amides is 14. The molecule has 1 aliphatic heterocycles. The van der Waals surface area contributed by atoms with Gasteiger partial charge in [-0.1, -0.05) is 124 Å². The average molecular weight is 1620 g/mol. The summed E-state index contributed by atoms with van der Waals surface area (Å²) in [5.41, 5.74) is 8.86. The summed E-state index contributed by atoms with van der Waals surface area (Å²) in [6.07, 6.45) is 3.17. The monoisotopic (exact) mass is 1620 g/mol. The number of nitrogens with two attached hydrogens (primary N) is 1. The van der Waals surface area contributed by atoms with Gasteiger partial charge in [-0.25, -0.2) is 0 Å². The van der Waals surface area contributed by atoms with Gasteiger partial charge >= 0.3 is 0 Å². The van der Waals surface area contributed by atoms with Crippen LogP contribution in [0.3, 0.4) is 0 Å². The molecular formula is C83H108ClN17O15. The van der Waals surface area contributed by atoms with Crippen molar-refractivity contribution in [3.05, 3.63) is 173 Å². The van der Waals surface area contributed by atoms with Crippen LogP contribution < -0.4 is 80.2 Å². The number of hydrogen-bond donors (Lipinski definition) is 16. The van der Waals surface area contributed by atoms with Crippen LogP contribution in [0.4, 0.5) is 11.4 Å². The van der Waals surface area contributed by atoms with Crippen molar-refractivity contribution in [3.63, 3.8) is 0 Å². The predicted molar refractivity (Wildman–Crippen MR) is 437 cm³/mol. The number of halogens is 1. The highest BCUT2D eigenvalue weighted by Crippen LogP contribution is 2.23. The Morgan fingerprint density at radius 2 is 0.922 bits per heavy atom. The second-order valence-corrected chi connectivity index (χ2v) is 30.0. The van der Waals surface area contributed by atoms with Gasteiger partial charge in [0.1, 0.15) is 54.4 Å². The fourth-order valence-electron chi connectivity index (χ4n) is 13.0. The van der Waals surface area contributed by atoms with Crippen LogP contribution in [0.2, 0.25) is 5.02 Å². The third kappa shape index (κ3) is 30.9. The SMILES string of the molecule is CC(=O)NCC(=O)Nc1ccc(C[C@H](NC(=O)[C@H](CO)NC(=O)[C@@H](Cc2cccnc2)NC(=O)[C@@H](Cc2ccc(Cl)cc2)NC(=O)[C@@H](Cc2ccc3ccccc3c2)NC(C)=O)C(=O)N[C@H](Cc2ccc(NC(=O)CNC(C)=O)cc2)C(=O)N[C@@H](CC(C)C)C(=O)N[C@@H](CCCCNC(C)C)C(=O)N2CCC[C@H]2C(=O)N[C@H](C)N)cc1. The van der Waals surface area contributed by atoms with Crippen LogP contribution in [-0.2, 0) is 99.2 Å². The van der Waals surface area contributed by atoms with Gasteiger partial charge in [-0.3, -0.25) is 72.1 Å². The number of likely N-dealkylation sites (tertiary alicyclic amines) is 1.